The van der Waals surface area contributed by atoms with E-state index in [-0.39, 0.29) is 11.9 Å². The molecule has 0 spiro atoms. The third kappa shape index (κ3) is 4.63. The van der Waals surface area contributed by atoms with Gasteiger partial charge in [-0.3, -0.25) is 4.79 Å². The SMILES string of the molecule is CN(Cc1ccccc1)C(=O)c1cccc(N2CCN[C@@H](c3ccccc3)C2)n1. The number of pyridine rings is 1. The van der Waals surface area contributed by atoms with Crippen molar-refractivity contribution in [1.29, 1.82) is 0 Å². The second kappa shape index (κ2) is 8.88. The number of piperazine rings is 1. The summed E-state index contributed by atoms with van der Waals surface area (Å²) in [4.78, 5) is 21.6. The van der Waals surface area contributed by atoms with E-state index in [1.54, 1.807) is 11.0 Å². The van der Waals surface area contributed by atoms with E-state index in [2.05, 4.69) is 34.5 Å². The van der Waals surface area contributed by atoms with Crippen LogP contribution in [-0.4, -0.2) is 42.5 Å². The zero-order chi connectivity index (χ0) is 20.1. The maximum absolute atomic E-state index is 12.9. The Labute approximate surface area is 172 Å². The summed E-state index contributed by atoms with van der Waals surface area (Å²) in [7, 11) is 1.82. The number of benzene rings is 2. The van der Waals surface area contributed by atoms with Crippen LogP contribution in [0, 0.1) is 0 Å². The first-order valence-corrected chi connectivity index (χ1v) is 10.0. The van der Waals surface area contributed by atoms with Gasteiger partial charge >= 0.3 is 0 Å². The normalized spacial score (nSPS) is 16.4. The number of nitrogens with zero attached hydrogens (tertiary/aromatic N) is 3. The largest absolute Gasteiger partial charge is 0.353 e. The molecule has 4 rings (SSSR count). The molecular formula is C24H26N4O. The van der Waals surface area contributed by atoms with Crippen molar-refractivity contribution in [2.45, 2.75) is 12.6 Å². The lowest BCUT2D eigenvalue weighted by Crippen LogP contribution is -2.46. The van der Waals surface area contributed by atoms with E-state index in [4.69, 9.17) is 4.98 Å². The standard InChI is InChI=1S/C24H26N4O/c1-27(17-19-9-4-2-5-10-19)24(29)21-13-8-14-23(26-21)28-16-15-25-22(18-28)20-11-6-3-7-12-20/h2-14,22,25H,15-18H2,1H3/t22-/m1/s1. The summed E-state index contributed by atoms with van der Waals surface area (Å²) in [6, 6.07) is 26.4. The van der Waals surface area contributed by atoms with Crippen molar-refractivity contribution in [3.63, 3.8) is 0 Å². The molecular weight excluding hydrogens is 360 g/mol. The number of carbonyl (C=O) groups excluding carboxylic acids is 1. The number of nitrogens with one attached hydrogen (secondary N) is 1. The molecule has 5 nitrogen and oxygen atoms in total. The zero-order valence-corrected chi connectivity index (χ0v) is 16.7. The van der Waals surface area contributed by atoms with Crippen molar-refractivity contribution in [3.8, 4) is 0 Å². The molecule has 0 radical (unpaired) electrons. The monoisotopic (exact) mass is 386 g/mol. The molecule has 1 aromatic heterocycles. The minimum atomic E-state index is -0.0644. The number of anilines is 1. The van der Waals surface area contributed by atoms with E-state index in [9.17, 15) is 4.79 Å². The first-order chi connectivity index (χ1) is 14.2. The molecule has 1 N–H and O–H groups in total. The van der Waals surface area contributed by atoms with Gasteiger partial charge in [0.25, 0.3) is 5.91 Å². The van der Waals surface area contributed by atoms with E-state index in [1.807, 2.05) is 55.6 Å². The Bertz CT molecular complexity index is 945. The summed E-state index contributed by atoms with van der Waals surface area (Å²) in [5, 5.41) is 3.57. The van der Waals surface area contributed by atoms with Gasteiger partial charge in [0.15, 0.2) is 0 Å². The molecule has 0 aliphatic carbocycles. The van der Waals surface area contributed by atoms with Gasteiger partial charge in [-0.15, -0.1) is 0 Å². The average molecular weight is 386 g/mol. The lowest BCUT2D eigenvalue weighted by molar-refractivity contribution is 0.0779. The molecule has 0 bridgehead atoms. The van der Waals surface area contributed by atoms with E-state index >= 15 is 0 Å². The molecule has 1 amide bonds. The van der Waals surface area contributed by atoms with E-state index < -0.39 is 0 Å². The van der Waals surface area contributed by atoms with Gasteiger partial charge < -0.3 is 15.1 Å². The van der Waals surface area contributed by atoms with E-state index in [0.29, 0.717) is 12.2 Å². The van der Waals surface area contributed by atoms with Gasteiger partial charge in [0.05, 0.1) is 0 Å². The number of carbonyl (C=O) groups is 1. The van der Waals surface area contributed by atoms with Crippen LogP contribution in [0.15, 0.2) is 78.9 Å². The smallest absolute Gasteiger partial charge is 0.272 e. The quantitative estimate of drug-likeness (QED) is 0.729. The second-order valence-corrected chi connectivity index (χ2v) is 7.39. The molecule has 1 aliphatic rings. The van der Waals surface area contributed by atoms with Crippen molar-refractivity contribution in [2.75, 3.05) is 31.6 Å². The minimum absolute atomic E-state index is 0.0644. The van der Waals surface area contributed by atoms with Crippen LogP contribution in [0.5, 0.6) is 0 Å². The molecule has 5 heteroatoms. The van der Waals surface area contributed by atoms with Gasteiger partial charge in [0, 0.05) is 39.3 Å². The lowest BCUT2D eigenvalue weighted by atomic mass is 10.0. The molecule has 1 atom stereocenters. The van der Waals surface area contributed by atoms with Crippen molar-refractivity contribution in [2.24, 2.45) is 0 Å². The van der Waals surface area contributed by atoms with Crippen LogP contribution in [0.2, 0.25) is 0 Å². The van der Waals surface area contributed by atoms with Crippen molar-refractivity contribution in [1.82, 2.24) is 15.2 Å². The van der Waals surface area contributed by atoms with Crippen LogP contribution in [0.4, 0.5) is 5.82 Å². The summed E-state index contributed by atoms with van der Waals surface area (Å²) in [6.07, 6.45) is 0. The van der Waals surface area contributed by atoms with Gasteiger partial charge in [-0.2, -0.15) is 0 Å². The number of amides is 1. The minimum Gasteiger partial charge on any atom is -0.353 e. The van der Waals surface area contributed by atoms with Crippen LogP contribution < -0.4 is 10.2 Å². The Morgan fingerprint density at radius 2 is 1.76 bits per heavy atom. The van der Waals surface area contributed by atoms with Crippen molar-refractivity contribution < 1.29 is 4.79 Å². The lowest BCUT2D eigenvalue weighted by Gasteiger charge is -2.35. The molecule has 3 aromatic rings. The summed E-state index contributed by atoms with van der Waals surface area (Å²) in [6.45, 7) is 3.14. The molecule has 0 unspecified atom stereocenters. The van der Waals surface area contributed by atoms with E-state index in [0.717, 1.165) is 31.0 Å². The number of hydrogen-bond donors (Lipinski definition) is 1. The topological polar surface area (TPSA) is 48.5 Å². The van der Waals surface area contributed by atoms with Crippen LogP contribution in [0.1, 0.15) is 27.7 Å². The summed E-state index contributed by atoms with van der Waals surface area (Å²) < 4.78 is 0. The highest BCUT2D eigenvalue weighted by molar-refractivity contribution is 5.92. The average Bonchev–Trinajstić information content (AvgIpc) is 2.80. The fourth-order valence-corrected chi connectivity index (χ4v) is 3.71. The molecule has 29 heavy (non-hydrogen) atoms. The Morgan fingerprint density at radius 3 is 2.52 bits per heavy atom. The highest BCUT2D eigenvalue weighted by Gasteiger charge is 2.22. The number of hydrogen-bond acceptors (Lipinski definition) is 4. The summed E-state index contributed by atoms with van der Waals surface area (Å²) >= 11 is 0. The highest BCUT2D eigenvalue weighted by atomic mass is 16.2. The Kier molecular flexibility index (Phi) is 5.86. The van der Waals surface area contributed by atoms with Gasteiger partial charge in [-0.05, 0) is 23.3 Å². The fourth-order valence-electron chi connectivity index (χ4n) is 3.71. The maximum atomic E-state index is 12.9. The zero-order valence-electron chi connectivity index (χ0n) is 16.7. The van der Waals surface area contributed by atoms with Crippen molar-refractivity contribution in [3.05, 3.63) is 95.7 Å². The van der Waals surface area contributed by atoms with Crippen LogP contribution in [0.3, 0.4) is 0 Å². The molecule has 1 fully saturated rings. The molecule has 2 aromatic carbocycles. The first kappa shape index (κ1) is 19.2. The van der Waals surface area contributed by atoms with Crippen LogP contribution in [0.25, 0.3) is 0 Å². The fraction of sp³-hybridized carbons (Fsp3) is 0.250. The molecule has 148 valence electrons. The first-order valence-electron chi connectivity index (χ1n) is 10.0. The summed E-state index contributed by atoms with van der Waals surface area (Å²) in [5.74, 6) is 0.789. The van der Waals surface area contributed by atoms with Gasteiger partial charge in [0.2, 0.25) is 0 Å². The van der Waals surface area contributed by atoms with E-state index in [1.165, 1.54) is 5.56 Å². The van der Waals surface area contributed by atoms with Crippen molar-refractivity contribution >= 4 is 11.7 Å². The van der Waals surface area contributed by atoms with Gasteiger partial charge in [-0.25, -0.2) is 4.98 Å². The third-order valence-corrected chi connectivity index (χ3v) is 5.26. The predicted octanol–water partition coefficient (Wildman–Crippen LogP) is 3.50. The summed E-state index contributed by atoms with van der Waals surface area (Å²) in [5.41, 5.74) is 2.86. The Hall–Kier alpha value is -3.18. The molecule has 2 heterocycles. The number of aromatic nitrogens is 1. The van der Waals surface area contributed by atoms with Crippen LogP contribution >= 0.6 is 0 Å². The molecule has 1 saturated heterocycles. The van der Waals surface area contributed by atoms with Crippen LogP contribution in [-0.2, 0) is 6.54 Å². The van der Waals surface area contributed by atoms with Gasteiger partial charge in [0.1, 0.15) is 11.5 Å². The maximum Gasteiger partial charge on any atom is 0.272 e. The Morgan fingerprint density at radius 1 is 1.03 bits per heavy atom. The molecule has 0 saturated carbocycles. The second-order valence-electron chi connectivity index (χ2n) is 7.39. The van der Waals surface area contributed by atoms with Gasteiger partial charge in [-0.1, -0.05) is 66.7 Å². The predicted molar refractivity (Wildman–Crippen MR) is 116 cm³/mol. The third-order valence-electron chi connectivity index (χ3n) is 5.26. The Balaban J connectivity index is 1.47. The highest BCUT2D eigenvalue weighted by Crippen LogP contribution is 2.21. The number of rotatable bonds is 5. The molecule has 1 aliphatic heterocycles.